The standard InChI is InChI=1S/C30H48N6O3/c1-4-19-22(16-34-28(37)25-10-7-13-31-25)20(5-2)24(18-36-30(39)27-12-9-15-33-27)21(6-3)23(19)17-35-29(38)26-11-8-14-32-26/h25-27,31-33H,4-18H2,1-3H3,(H,34,37)(H,35,38)(H,36,39)/t25-,26-,27-/m0/s1. The molecule has 1 aromatic carbocycles. The second-order valence-electron chi connectivity index (χ2n) is 11.0. The summed E-state index contributed by atoms with van der Waals surface area (Å²) in [4.78, 5) is 38.8. The summed E-state index contributed by atoms with van der Waals surface area (Å²) in [6, 6.07) is -0.402. The van der Waals surface area contributed by atoms with Gasteiger partial charge in [0.05, 0.1) is 18.1 Å². The third-order valence-electron chi connectivity index (χ3n) is 8.69. The Hall–Kier alpha value is -2.49. The third kappa shape index (κ3) is 6.99. The van der Waals surface area contributed by atoms with Crippen molar-refractivity contribution in [1.82, 2.24) is 31.9 Å². The molecule has 1 aromatic rings. The highest BCUT2D eigenvalue weighted by Crippen LogP contribution is 2.31. The Kier molecular flexibility index (Phi) is 10.8. The third-order valence-corrected chi connectivity index (χ3v) is 8.69. The number of carbonyl (C=O) groups is 3. The first-order valence-corrected chi connectivity index (χ1v) is 15.2. The summed E-state index contributed by atoms with van der Waals surface area (Å²) in [6.07, 6.45) is 8.05. The Morgan fingerprint density at radius 1 is 0.538 bits per heavy atom. The van der Waals surface area contributed by atoms with Crippen molar-refractivity contribution in [2.75, 3.05) is 19.6 Å². The van der Waals surface area contributed by atoms with E-state index in [1.807, 2.05) is 0 Å². The van der Waals surface area contributed by atoms with Crippen molar-refractivity contribution in [3.63, 3.8) is 0 Å². The van der Waals surface area contributed by atoms with E-state index in [9.17, 15) is 14.4 Å². The number of nitrogens with one attached hydrogen (secondary N) is 6. The van der Waals surface area contributed by atoms with Crippen LogP contribution in [-0.4, -0.2) is 55.5 Å². The van der Waals surface area contributed by atoms with Gasteiger partial charge in [0, 0.05) is 19.6 Å². The molecule has 0 bridgehead atoms. The van der Waals surface area contributed by atoms with Crippen LogP contribution in [0.15, 0.2) is 0 Å². The normalized spacial score (nSPS) is 22.7. The fourth-order valence-electron chi connectivity index (χ4n) is 6.63. The van der Waals surface area contributed by atoms with Gasteiger partial charge >= 0.3 is 0 Å². The second kappa shape index (κ2) is 14.2. The van der Waals surface area contributed by atoms with Gasteiger partial charge in [0.1, 0.15) is 0 Å². The lowest BCUT2D eigenvalue weighted by Crippen LogP contribution is -2.41. The van der Waals surface area contributed by atoms with Gasteiger partial charge in [0.15, 0.2) is 0 Å². The maximum absolute atomic E-state index is 12.9. The zero-order chi connectivity index (χ0) is 27.8. The van der Waals surface area contributed by atoms with Crippen LogP contribution in [0, 0.1) is 0 Å². The Balaban J connectivity index is 1.66. The number of amides is 3. The van der Waals surface area contributed by atoms with Crippen molar-refractivity contribution in [3.8, 4) is 0 Å². The lowest BCUT2D eigenvalue weighted by Gasteiger charge is -2.27. The van der Waals surface area contributed by atoms with Crippen molar-refractivity contribution in [2.45, 2.75) is 116 Å². The Morgan fingerprint density at radius 3 is 1.03 bits per heavy atom. The lowest BCUT2D eigenvalue weighted by molar-refractivity contribution is -0.123. The molecular formula is C30H48N6O3. The van der Waals surface area contributed by atoms with Gasteiger partial charge in [-0.3, -0.25) is 14.4 Å². The number of hydrogen-bond acceptors (Lipinski definition) is 6. The van der Waals surface area contributed by atoms with E-state index in [0.29, 0.717) is 19.6 Å². The van der Waals surface area contributed by atoms with Gasteiger partial charge in [0.2, 0.25) is 17.7 Å². The molecule has 3 fully saturated rings. The number of rotatable bonds is 12. The minimum atomic E-state index is -0.134. The highest BCUT2D eigenvalue weighted by molar-refractivity contribution is 5.83. The van der Waals surface area contributed by atoms with E-state index >= 15 is 0 Å². The second-order valence-corrected chi connectivity index (χ2v) is 11.0. The van der Waals surface area contributed by atoms with Crippen LogP contribution < -0.4 is 31.9 Å². The van der Waals surface area contributed by atoms with Crippen LogP contribution in [0.5, 0.6) is 0 Å². The van der Waals surface area contributed by atoms with E-state index in [1.165, 1.54) is 16.7 Å². The zero-order valence-corrected chi connectivity index (χ0v) is 24.1. The molecule has 3 aliphatic rings. The van der Waals surface area contributed by atoms with E-state index < -0.39 is 0 Å². The van der Waals surface area contributed by atoms with Crippen molar-refractivity contribution < 1.29 is 14.4 Å². The Bertz CT molecular complexity index is 874. The molecule has 39 heavy (non-hydrogen) atoms. The molecule has 0 radical (unpaired) electrons. The van der Waals surface area contributed by atoms with Gasteiger partial charge < -0.3 is 31.9 Å². The largest absolute Gasteiger partial charge is 0.351 e. The fourth-order valence-corrected chi connectivity index (χ4v) is 6.63. The molecule has 0 unspecified atom stereocenters. The van der Waals surface area contributed by atoms with Crippen LogP contribution in [0.4, 0.5) is 0 Å². The average Bonchev–Trinajstić information content (AvgIpc) is 3.76. The highest BCUT2D eigenvalue weighted by Gasteiger charge is 2.27. The summed E-state index contributed by atoms with van der Waals surface area (Å²) >= 11 is 0. The lowest BCUT2D eigenvalue weighted by atomic mass is 9.83. The van der Waals surface area contributed by atoms with Crippen molar-refractivity contribution >= 4 is 17.7 Å². The summed E-state index contributed by atoms with van der Waals surface area (Å²) in [7, 11) is 0. The molecule has 9 nitrogen and oxygen atoms in total. The quantitative estimate of drug-likeness (QED) is 0.239. The van der Waals surface area contributed by atoms with Crippen LogP contribution in [-0.2, 0) is 53.3 Å². The molecule has 9 heteroatoms. The number of carbonyl (C=O) groups excluding carboxylic acids is 3. The van der Waals surface area contributed by atoms with Crippen molar-refractivity contribution in [2.24, 2.45) is 0 Å². The molecular weight excluding hydrogens is 492 g/mol. The first-order chi connectivity index (χ1) is 19.0. The SMILES string of the molecule is CCc1c(CNC(=O)[C@@H]2CCCN2)c(CC)c(CNC(=O)[C@@H]2CCCN2)c(CC)c1CNC(=O)[C@@H]1CCCN1. The monoisotopic (exact) mass is 540 g/mol. The van der Waals surface area contributed by atoms with E-state index in [2.05, 4.69) is 52.7 Å². The maximum atomic E-state index is 12.9. The molecule has 3 heterocycles. The topological polar surface area (TPSA) is 123 Å². The predicted molar refractivity (Wildman–Crippen MR) is 153 cm³/mol. The molecule has 3 atom stereocenters. The van der Waals surface area contributed by atoms with Crippen LogP contribution in [0.3, 0.4) is 0 Å². The summed E-state index contributed by atoms with van der Waals surface area (Å²) in [6.45, 7) is 10.4. The van der Waals surface area contributed by atoms with E-state index in [0.717, 1.165) is 94.1 Å². The Labute approximate surface area is 233 Å². The maximum Gasteiger partial charge on any atom is 0.237 e. The van der Waals surface area contributed by atoms with Crippen LogP contribution in [0.25, 0.3) is 0 Å². The van der Waals surface area contributed by atoms with Crippen LogP contribution in [0.2, 0.25) is 0 Å². The molecule has 3 saturated heterocycles. The average molecular weight is 541 g/mol. The molecule has 3 amide bonds. The predicted octanol–water partition coefficient (Wildman–Crippen LogP) is 1.48. The van der Waals surface area contributed by atoms with E-state index in [4.69, 9.17) is 0 Å². The molecule has 216 valence electrons. The van der Waals surface area contributed by atoms with E-state index in [1.54, 1.807) is 0 Å². The van der Waals surface area contributed by atoms with Gasteiger partial charge in [-0.15, -0.1) is 0 Å². The molecule has 3 aliphatic heterocycles. The first kappa shape index (κ1) is 29.5. The summed E-state index contributed by atoms with van der Waals surface area (Å²) in [5, 5.41) is 19.5. The minimum absolute atomic E-state index is 0.0421. The minimum Gasteiger partial charge on any atom is -0.351 e. The molecule has 0 saturated carbocycles. The smallest absolute Gasteiger partial charge is 0.237 e. The fraction of sp³-hybridized carbons (Fsp3) is 0.700. The van der Waals surface area contributed by atoms with Gasteiger partial charge in [-0.25, -0.2) is 0 Å². The highest BCUT2D eigenvalue weighted by atomic mass is 16.2. The molecule has 6 N–H and O–H groups in total. The zero-order valence-electron chi connectivity index (χ0n) is 24.1. The van der Waals surface area contributed by atoms with Crippen molar-refractivity contribution in [3.05, 3.63) is 33.4 Å². The summed E-state index contributed by atoms with van der Waals surface area (Å²) in [5.74, 6) is 0.126. The summed E-state index contributed by atoms with van der Waals surface area (Å²) in [5.41, 5.74) is 7.02. The van der Waals surface area contributed by atoms with E-state index in [-0.39, 0.29) is 35.8 Å². The molecule has 0 spiro atoms. The van der Waals surface area contributed by atoms with Gasteiger partial charge in [0.25, 0.3) is 0 Å². The molecule has 0 aromatic heterocycles. The first-order valence-electron chi connectivity index (χ1n) is 15.2. The van der Waals surface area contributed by atoms with Crippen molar-refractivity contribution in [1.29, 1.82) is 0 Å². The molecule has 0 aliphatic carbocycles. The van der Waals surface area contributed by atoms with Gasteiger partial charge in [-0.1, -0.05) is 20.8 Å². The van der Waals surface area contributed by atoms with Gasteiger partial charge in [-0.2, -0.15) is 0 Å². The number of benzene rings is 1. The Morgan fingerprint density at radius 2 is 0.821 bits per heavy atom. The molecule has 4 rings (SSSR count). The van der Waals surface area contributed by atoms with Gasteiger partial charge in [-0.05, 0) is 111 Å². The summed E-state index contributed by atoms with van der Waals surface area (Å²) < 4.78 is 0. The van der Waals surface area contributed by atoms with Crippen LogP contribution in [0.1, 0.15) is 92.7 Å². The van der Waals surface area contributed by atoms with Crippen LogP contribution >= 0.6 is 0 Å². The number of hydrogen-bond donors (Lipinski definition) is 6.